The Hall–Kier alpha value is -3.05. The third-order valence-electron chi connectivity index (χ3n) is 5.93. The van der Waals surface area contributed by atoms with Crippen LogP contribution in [-0.2, 0) is 4.79 Å². The molecule has 1 fully saturated rings. The van der Waals surface area contributed by atoms with E-state index in [-0.39, 0.29) is 11.9 Å². The molecule has 1 atom stereocenters. The number of anilines is 2. The van der Waals surface area contributed by atoms with Gasteiger partial charge >= 0.3 is 0 Å². The van der Waals surface area contributed by atoms with Crippen LogP contribution >= 0.6 is 0 Å². The van der Waals surface area contributed by atoms with Crippen LogP contribution in [0, 0.1) is 0 Å². The Balaban J connectivity index is 1.36. The molecule has 0 aliphatic carbocycles. The van der Waals surface area contributed by atoms with Gasteiger partial charge in [0.25, 0.3) is 5.91 Å². The second kappa shape index (κ2) is 9.18. The van der Waals surface area contributed by atoms with E-state index in [1.165, 1.54) is 10.3 Å². The lowest BCUT2D eigenvalue weighted by molar-refractivity contribution is -0.914. The van der Waals surface area contributed by atoms with Crippen LogP contribution in [0.5, 0.6) is 5.75 Å². The fourth-order valence-corrected chi connectivity index (χ4v) is 4.17. The average molecular weight is 405 g/mol. The van der Waals surface area contributed by atoms with Crippen LogP contribution in [0.4, 0.5) is 11.4 Å². The molecule has 3 aromatic rings. The summed E-state index contributed by atoms with van der Waals surface area (Å²) in [6.07, 6.45) is 0. The Morgan fingerprint density at radius 1 is 1.03 bits per heavy atom. The maximum absolute atomic E-state index is 12.9. The van der Waals surface area contributed by atoms with Crippen molar-refractivity contribution in [1.29, 1.82) is 0 Å². The van der Waals surface area contributed by atoms with Gasteiger partial charge in [-0.05, 0) is 48.9 Å². The Morgan fingerprint density at radius 2 is 1.73 bits per heavy atom. The lowest BCUT2D eigenvalue weighted by Gasteiger charge is -2.36. The van der Waals surface area contributed by atoms with E-state index >= 15 is 0 Å². The summed E-state index contributed by atoms with van der Waals surface area (Å²) >= 11 is 0. The molecular weight excluding hydrogens is 374 g/mol. The van der Waals surface area contributed by atoms with Crippen LogP contribution in [0.2, 0.25) is 0 Å². The van der Waals surface area contributed by atoms with Gasteiger partial charge < -0.3 is 19.9 Å². The predicted octanol–water partition coefficient (Wildman–Crippen LogP) is 2.97. The minimum absolute atomic E-state index is 0.0726. The van der Waals surface area contributed by atoms with Gasteiger partial charge in [-0.15, -0.1) is 0 Å². The number of rotatable bonds is 6. The maximum Gasteiger partial charge on any atom is 0.282 e. The molecule has 156 valence electrons. The summed E-state index contributed by atoms with van der Waals surface area (Å²) in [5, 5.41) is 5.42. The number of carbonyl (C=O) groups is 1. The minimum Gasteiger partial charge on any atom is -0.492 e. The van der Waals surface area contributed by atoms with E-state index in [0.29, 0.717) is 6.61 Å². The van der Waals surface area contributed by atoms with E-state index in [0.717, 1.165) is 48.7 Å². The lowest BCUT2D eigenvalue weighted by atomic mass is 10.1. The van der Waals surface area contributed by atoms with E-state index in [1.54, 1.807) is 0 Å². The van der Waals surface area contributed by atoms with Gasteiger partial charge in [-0.3, -0.25) is 4.79 Å². The van der Waals surface area contributed by atoms with Gasteiger partial charge in [0, 0.05) is 5.69 Å². The van der Waals surface area contributed by atoms with E-state index in [2.05, 4.69) is 40.5 Å². The smallest absolute Gasteiger partial charge is 0.282 e. The first-order valence-electron chi connectivity index (χ1n) is 10.8. The van der Waals surface area contributed by atoms with Crippen molar-refractivity contribution in [3.8, 4) is 5.75 Å². The standard InChI is InChI=1S/C25H29N3O2/c1-3-30-24-11-7-6-10-23(24)28-16-14-27(15-17-28)19(2)25(29)26-22-13-12-20-8-4-5-9-21(20)18-22/h4-13,18-19H,3,14-17H2,1-2H3,(H,26,29)/p+1/t19-/m0/s1. The number of amides is 1. The van der Waals surface area contributed by atoms with Crippen molar-refractivity contribution >= 4 is 28.1 Å². The van der Waals surface area contributed by atoms with Crippen LogP contribution in [0.25, 0.3) is 10.8 Å². The van der Waals surface area contributed by atoms with E-state index < -0.39 is 0 Å². The quantitative estimate of drug-likeness (QED) is 0.664. The third-order valence-corrected chi connectivity index (χ3v) is 5.93. The molecule has 5 heteroatoms. The summed E-state index contributed by atoms with van der Waals surface area (Å²) in [5.74, 6) is 1.01. The second-order valence-electron chi connectivity index (χ2n) is 7.82. The van der Waals surface area contributed by atoms with Crippen molar-refractivity contribution in [3.63, 3.8) is 0 Å². The highest BCUT2D eigenvalue weighted by atomic mass is 16.5. The summed E-state index contributed by atoms with van der Waals surface area (Å²) in [5.41, 5.74) is 2.00. The van der Waals surface area contributed by atoms with E-state index in [9.17, 15) is 4.79 Å². The molecule has 4 rings (SSSR count). The number of ether oxygens (including phenoxy) is 1. The van der Waals surface area contributed by atoms with Gasteiger partial charge in [0.1, 0.15) is 5.75 Å². The second-order valence-corrected chi connectivity index (χ2v) is 7.82. The molecule has 5 nitrogen and oxygen atoms in total. The fraction of sp³-hybridized carbons (Fsp3) is 0.320. The molecule has 1 heterocycles. The monoisotopic (exact) mass is 404 g/mol. The van der Waals surface area contributed by atoms with Crippen LogP contribution in [-0.4, -0.2) is 44.7 Å². The minimum atomic E-state index is -0.0965. The van der Waals surface area contributed by atoms with Crippen molar-refractivity contribution in [2.24, 2.45) is 0 Å². The topological polar surface area (TPSA) is 46.0 Å². The maximum atomic E-state index is 12.9. The zero-order valence-corrected chi connectivity index (χ0v) is 17.7. The zero-order chi connectivity index (χ0) is 20.9. The summed E-state index contributed by atoms with van der Waals surface area (Å²) in [4.78, 5) is 16.6. The van der Waals surface area contributed by atoms with Gasteiger partial charge in [0.15, 0.2) is 6.04 Å². The number of benzene rings is 3. The molecule has 0 unspecified atom stereocenters. The number of nitrogens with zero attached hydrogens (tertiary/aromatic N) is 1. The molecule has 1 aliphatic rings. The number of hydrogen-bond acceptors (Lipinski definition) is 3. The van der Waals surface area contributed by atoms with E-state index in [4.69, 9.17) is 4.74 Å². The number of quaternary nitrogens is 1. The Kier molecular flexibility index (Phi) is 6.19. The lowest BCUT2D eigenvalue weighted by Crippen LogP contribution is -3.19. The predicted molar refractivity (Wildman–Crippen MR) is 123 cm³/mol. The number of piperazine rings is 1. The number of para-hydroxylation sites is 2. The molecule has 0 spiro atoms. The van der Waals surface area contributed by atoms with Crippen LogP contribution in [0.15, 0.2) is 66.7 Å². The first-order valence-corrected chi connectivity index (χ1v) is 10.8. The van der Waals surface area contributed by atoms with Crippen molar-refractivity contribution in [2.75, 3.05) is 43.0 Å². The number of nitrogens with one attached hydrogen (secondary N) is 2. The molecule has 0 aromatic heterocycles. The van der Waals surface area contributed by atoms with E-state index in [1.807, 2.05) is 50.2 Å². The number of hydrogen-bond donors (Lipinski definition) is 2. The normalized spacial score (nSPS) is 15.7. The molecule has 0 bridgehead atoms. The molecule has 0 saturated carbocycles. The first-order chi connectivity index (χ1) is 14.7. The molecular formula is C25H30N3O2+. The van der Waals surface area contributed by atoms with Crippen molar-refractivity contribution in [2.45, 2.75) is 19.9 Å². The molecule has 1 aliphatic heterocycles. The Morgan fingerprint density at radius 3 is 2.50 bits per heavy atom. The molecule has 2 N–H and O–H groups in total. The van der Waals surface area contributed by atoms with Gasteiger partial charge in [-0.1, -0.05) is 42.5 Å². The third kappa shape index (κ3) is 4.41. The van der Waals surface area contributed by atoms with Gasteiger partial charge in [-0.25, -0.2) is 0 Å². The van der Waals surface area contributed by atoms with Gasteiger partial charge in [0.05, 0.1) is 38.5 Å². The molecule has 3 aromatic carbocycles. The Bertz CT molecular complexity index is 1010. The highest BCUT2D eigenvalue weighted by Crippen LogP contribution is 2.27. The van der Waals surface area contributed by atoms with Crippen LogP contribution < -0.4 is 19.9 Å². The summed E-state index contributed by atoms with van der Waals surface area (Å²) in [7, 11) is 0. The Labute approximate surface area is 178 Å². The SMILES string of the molecule is CCOc1ccccc1N1CC[NH+]([C@@H](C)C(=O)Nc2ccc3ccccc3c2)CC1. The summed E-state index contributed by atoms with van der Waals surface area (Å²) in [6.45, 7) is 8.36. The first kappa shape index (κ1) is 20.2. The van der Waals surface area contributed by atoms with Crippen molar-refractivity contribution in [3.05, 3.63) is 66.7 Å². The highest BCUT2D eigenvalue weighted by Gasteiger charge is 2.30. The van der Waals surface area contributed by atoms with Gasteiger partial charge in [0.2, 0.25) is 0 Å². The van der Waals surface area contributed by atoms with Crippen LogP contribution in [0.1, 0.15) is 13.8 Å². The largest absolute Gasteiger partial charge is 0.492 e. The molecule has 1 saturated heterocycles. The van der Waals surface area contributed by atoms with Crippen LogP contribution in [0.3, 0.4) is 0 Å². The molecule has 0 radical (unpaired) electrons. The molecule has 30 heavy (non-hydrogen) atoms. The fourth-order valence-electron chi connectivity index (χ4n) is 4.17. The molecule has 1 amide bonds. The zero-order valence-electron chi connectivity index (χ0n) is 17.7. The number of fused-ring (bicyclic) bond motifs is 1. The number of carbonyl (C=O) groups excluding carboxylic acids is 1. The summed E-state index contributed by atoms with van der Waals surface area (Å²) in [6, 6.07) is 22.4. The highest BCUT2D eigenvalue weighted by molar-refractivity contribution is 5.96. The summed E-state index contributed by atoms with van der Waals surface area (Å²) < 4.78 is 5.79. The van der Waals surface area contributed by atoms with Crippen molar-refractivity contribution < 1.29 is 14.4 Å². The van der Waals surface area contributed by atoms with Gasteiger partial charge in [-0.2, -0.15) is 0 Å². The average Bonchev–Trinajstić information content (AvgIpc) is 2.79. The van der Waals surface area contributed by atoms with Crippen molar-refractivity contribution in [1.82, 2.24) is 0 Å².